The fourth-order valence-corrected chi connectivity index (χ4v) is 2.13. The number of imidazole rings is 1. The van der Waals surface area contributed by atoms with Crippen molar-refractivity contribution in [1.82, 2.24) is 9.38 Å². The largest absolute Gasteiger partial charge is 0.446 e. The predicted molar refractivity (Wildman–Crippen MR) is 65.3 cm³/mol. The van der Waals surface area contributed by atoms with Gasteiger partial charge >= 0.3 is 0 Å². The van der Waals surface area contributed by atoms with Gasteiger partial charge in [-0.2, -0.15) is 0 Å². The molecule has 80 valence electrons. The Labute approximate surface area is 101 Å². The topological polar surface area (TPSA) is 30.4 Å². The van der Waals surface area contributed by atoms with Crippen molar-refractivity contribution in [3.05, 3.63) is 46.9 Å². The normalized spacial score (nSPS) is 11.1. The van der Waals surface area contributed by atoms with Crippen molar-refractivity contribution in [2.24, 2.45) is 0 Å². The molecule has 3 nitrogen and oxygen atoms in total. The molecule has 0 N–H and O–H groups in total. The Morgan fingerprint density at radius 2 is 2.12 bits per heavy atom. The monoisotopic (exact) mass is 276 g/mol. The summed E-state index contributed by atoms with van der Waals surface area (Å²) in [5.41, 5.74) is 2.21. The van der Waals surface area contributed by atoms with Gasteiger partial charge in [0, 0.05) is 5.69 Å². The number of nitrogens with zero attached hydrogens (tertiary/aromatic N) is 2. The van der Waals surface area contributed by atoms with Crippen LogP contribution < -0.4 is 0 Å². The highest BCUT2D eigenvalue weighted by atomic mass is 79.9. The van der Waals surface area contributed by atoms with Gasteiger partial charge in [0.05, 0.1) is 11.7 Å². The Morgan fingerprint density at radius 1 is 1.25 bits per heavy atom. The van der Waals surface area contributed by atoms with Crippen LogP contribution in [0, 0.1) is 6.92 Å². The molecule has 0 atom stereocenters. The first-order valence-corrected chi connectivity index (χ1v) is 5.74. The zero-order valence-corrected chi connectivity index (χ0v) is 10.2. The minimum absolute atomic E-state index is 0.716. The van der Waals surface area contributed by atoms with Crippen LogP contribution in [0.3, 0.4) is 0 Å². The van der Waals surface area contributed by atoms with Gasteiger partial charge in [-0.15, -0.1) is 0 Å². The number of hydrogen-bond acceptors (Lipinski definition) is 2. The minimum Gasteiger partial charge on any atom is -0.446 e. The maximum Gasteiger partial charge on any atom is 0.181 e. The number of rotatable bonds is 1. The second-order valence-corrected chi connectivity index (χ2v) is 4.39. The lowest BCUT2D eigenvalue weighted by Crippen LogP contribution is -1.92. The average molecular weight is 277 g/mol. The molecule has 0 unspecified atom stereocenters. The van der Waals surface area contributed by atoms with Gasteiger partial charge in [0.15, 0.2) is 16.3 Å². The third-order valence-electron chi connectivity index (χ3n) is 2.54. The number of aryl methyl sites for hydroxylation is 1. The molecule has 3 aromatic heterocycles. The smallest absolute Gasteiger partial charge is 0.181 e. The van der Waals surface area contributed by atoms with E-state index >= 15 is 0 Å². The van der Waals surface area contributed by atoms with Gasteiger partial charge in [0.1, 0.15) is 0 Å². The van der Waals surface area contributed by atoms with E-state index in [0.29, 0.717) is 4.67 Å². The Morgan fingerprint density at radius 3 is 2.88 bits per heavy atom. The molecule has 4 heteroatoms. The Bertz CT molecular complexity index is 654. The summed E-state index contributed by atoms with van der Waals surface area (Å²) in [5.74, 6) is 1.60. The highest BCUT2D eigenvalue weighted by Gasteiger charge is 2.11. The van der Waals surface area contributed by atoms with Gasteiger partial charge in [-0.3, -0.25) is 4.40 Å². The number of pyridine rings is 1. The molecule has 0 spiro atoms. The molecule has 3 heterocycles. The first kappa shape index (κ1) is 9.66. The van der Waals surface area contributed by atoms with Crippen LogP contribution in [0.15, 0.2) is 45.6 Å². The lowest BCUT2D eigenvalue weighted by molar-refractivity contribution is 0.551. The summed E-state index contributed by atoms with van der Waals surface area (Å²) in [6, 6.07) is 9.88. The van der Waals surface area contributed by atoms with Crippen LogP contribution in [0.5, 0.6) is 0 Å². The third kappa shape index (κ3) is 1.38. The zero-order valence-electron chi connectivity index (χ0n) is 8.64. The highest BCUT2D eigenvalue weighted by molar-refractivity contribution is 9.10. The van der Waals surface area contributed by atoms with Crippen LogP contribution in [0.2, 0.25) is 0 Å². The van der Waals surface area contributed by atoms with Crippen LogP contribution in [-0.4, -0.2) is 9.38 Å². The standard InChI is InChI=1S/C12H9BrN2O/c1-8-3-2-4-9-7-14-12(15(8)9)10-5-6-11(13)16-10/h2-7H,1H3. The number of halogens is 1. The van der Waals surface area contributed by atoms with E-state index in [1.807, 2.05) is 30.5 Å². The summed E-state index contributed by atoms with van der Waals surface area (Å²) in [7, 11) is 0. The summed E-state index contributed by atoms with van der Waals surface area (Å²) >= 11 is 3.30. The van der Waals surface area contributed by atoms with E-state index in [9.17, 15) is 0 Å². The van der Waals surface area contributed by atoms with E-state index in [4.69, 9.17) is 4.42 Å². The van der Waals surface area contributed by atoms with Gasteiger partial charge in [0.2, 0.25) is 0 Å². The number of hydrogen-bond donors (Lipinski definition) is 0. The van der Waals surface area contributed by atoms with Crippen molar-refractivity contribution in [3.63, 3.8) is 0 Å². The highest BCUT2D eigenvalue weighted by Crippen LogP contribution is 2.25. The van der Waals surface area contributed by atoms with E-state index in [1.165, 1.54) is 0 Å². The lowest BCUT2D eigenvalue weighted by atomic mass is 10.3. The maximum absolute atomic E-state index is 5.52. The molecular weight excluding hydrogens is 268 g/mol. The second-order valence-electron chi connectivity index (χ2n) is 3.61. The summed E-state index contributed by atoms with van der Waals surface area (Å²) in [5, 5.41) is 0. The molecule has 0 fully saturated rings. The molecule has 3 rings (SSSR count). The first-order valence-electron chi connectivity index (χ1n) is 4.94. The van der Waals surface area contributed by atoms with Crippen LogP contribution in [0.25, 0.3) is 17.1 Å². The van der Waals surface area contributed by atoms with E-state index in [2.05, 4.69) is 38.3 Å². The number of aromatic nitrogens is 2. The first-order chi connectivity index (χ1) is 7.75. The van der Waals surface area contributed by atoms with Crippen LogP contribution >= 0.6 is 15.9 Å². The average Bonchev–Trinajstić information content (AvgIpc) is 2.84. The molecule has 0 aliphatic rings. The van der Waals surface area contributed by atoms with E-state index < -0.39 is 0 Å². The van der Waals surface area contributed by atoms with Crippen LogP contribution in [-0.2, 0) is 0 Å². The lowest BCUT2D eigenvalue weighted by Gasteiger charge is -2.02. The summed E-state index contributed by atoms with van der Waals surface area (Å²) < 4.78 is 8.31. The molecule has 0 saturated heterocycles. The molecule has 0 bridgehead atoms. The molecule has 3 aromatic rings. The van der Waals surface area contributed by atoms with Crippen molar-refractivity contribution in [1.29, 1.82) is 0 Å². The summed E-state index contributed by atoms with van der Waals surface area (Å²) in [6.45, 7) is 2.05. The SMILES string of the molecule is Cc1cccc2cnc(-c3ccc(Br)o3)n12. The van der Waals surface area contributed by atoms with Crippen molar-refractivity contribution in [2.75, 3.05) is 0 Å². The maximum atomic E-state index is 5.52. The van der Waals surface area contributed by atoms with Crippen LogP contribution in [0.4, 0.5) is 0 Å². The Kier molecular flexibility index (Phi) is 2.11. The predicted octanol–water partition coefficient (Wildman–Crippen LogP) is 3.67. The van der Waals surface area contributed by atoms with E-state index in [1.54, 1.807) is 0 Å². The third-order valence-corrected chi connectivity index (χ3v) is 2.97. The molecule has 0 saturated carbocycles. The van der Waals surface area contributed by atoms with Gasteiger partial charge in [-0.1, -0.05) is 6.07 Å². The van der Waals surface area contributed by atoms with Gasteiger partial charge in [-0.25, -0.2) is 4.98 Å². The summed E-state index contributed by atoms with van der Waals surface area (Å²) in [6.07, 6.45) is 1.85. The Hall–Kier alpha value is -1.55. The molecule has 0 radical (unpaired) electrons. The number of furan rings is 1. The molecule has 16 heavy (non-hydrogen) atoms. The molecule has 0 amide bonds. The van der Waals surface area contributed by atoms with E-state index in [-0.39, 0.29) is 0 Å². The zero-order chi connectivity index (χ0) is 11.1. The minimum atomic E-state index is 0.716. The van der Waals surface area contributed by atoms with Gasteiger partial charge in [-0.05, 0) is 47.1 Å². The van der Waals surface area contributed by atoms with E-state index in [0.717, 1.165) is 22.8 Å². The number of fused-ring (bicyclic) bond motifs is 1. The second kappa shape index (κ2) is 3.49. The Balaban J connectivity index is 2.32. The van der Waals surface area contributed by atoms with Crippen LogP contribution in [0.1, 0.15) is 5.69 Å². The van der Waals surface area contributed by atoms with Crippen molar-refractivity contribution >= 4 is 21.4 Å². The quantitative estimate of drug-likeness (QED) is 0.679. The van der Waals surface area contributed by atoms with Crippen molar-refractivity contribution < 1.29 is 4.42 Å². The van der Waals surface area contributed by atoms with Gasteiger partial charge < -0.3 is 4.42 Å². The van der Waals surface area contributed by atoms with Crippen molar-refractivity contribution in [2.45, 2.75) is 6.92 Å². The fraction of sp³-hybridized carbons (Fsp3) is 0.0833. The molecular formula is C12H9BrN2O. The fourth-order valence-electron chi connectivity index (χ4n) is 1.82. The summed E-state index contributed by atoms with van der Waals surface area (Å²) in [4.78, 5) is 4.39. The molecule has 0 aliphatic carbocycles. The molecule has 0 aromatic carbocycles. The van der Waals surface area contributed by atoms with Crippen molar-refractivity contribution in [3.8, 4) is 11.6 Å². The molecule has 0 aliphatic heterocycles. The van der Waals surface area contributed by atoms with Gasteiger partial charge in [0.25, 0.3) is 0 Å².